The highest BCUT2D eigenvalue weighted by atomic mass is 16.3. The molecule has 0 saturated heterocycles. The molecule has 1 amide bonds. The summed E-state index contributed by atoms with van der Waals surface area (Å²) in [5, 5.41) is 2.92. The molecule has 26 heavy (non-hydrogen) atoms. The van der Waals surface area contributed by atoms with Crippen molar-refractivity contribution in [2.24, 2.45) is 0 Å². The van der Waals surface area contributed by atoms with Gasteiger partial charge >= 0.3 is 0 Å². The molecule has 128 valence electrons. The first-order chi connectivity index (χ1) is 12.6. The van der Waals surface area contributed by atoms with E-state index in [9.17, 15) is 4.79 Å². The molecule has 0 saturated carbocycles. The van der Waals surface area contributed by atoms with Crippen LogP contribution in [0.15, 0.2) is 71.1 Å². The van der Waals surface area contributed by atoms with Crippen LogP contribution in [0.1, 0.15) is 21.5 Å². The summed E-state index contributed by atoms with van der Waals surface area (Å²) in [6, 6.07) is 20.9. The fourth-order valence-electron chi connectivity index (χ4n) is 2.80. The van der Waals surface area contributed by atoms with Crippen molar-refractivity contribution < 1.29 is 9.21 Å². The fourth-order valence-corrected chi connectivity index (χ4v) is 2.80. The van der Waals surface area contributed by atoms with E-state index in [1.54, 1.807) is 0 Å². The van der Waals surface area contributed by atoms with E-state index in [1.165, 1.54) is 0 Å². The molecule has 0 fully saturated rings. The van der Waals surface area contributed by atoms with Gasteiger partial charge in [-0.25, -0.2) is 4.98 Å². The summed E-state index contributed by atoms with van der Waals surface area (Å²) in [6.45, 7) is 4.02. The Hall–Kier alpha value is -3.40. The second-order valence-electron chi connectivity index (χ2n) is 6.39. The van der Waals surface area contributed by atoms with Gasteiger partial charge in [0, 0.05) is 16.8 Å². The van der Waals surface area contributed by atoms with Crippen molar-refractivity contribution in [3.8, 4) is 11.5 Å². The molecule has 0 atom stereocenters. The van der Waals surface area contributed by atoms with E-state index in [2.05, 4.69) is 10.3 Å². The number of hydrogen-bond acceptors (Lipinski definition) is 3. The van der Waals surface area contributed by atoms with E-state index >= 15 is 0 Å². The molecule has 4 rings (SSSR count). The van der Waals surface area contributed by atoms with Crippen LogP contribution < -0.4 is 5.32 Å². The van der Waals surface area contributed by atoms with Crippen LogP contribution in [0.2, 0.25) is 0 Å². The monoisotopic (exact) mass is 342 g/mol. The summed E-state index contributed by atoms with van der Waals surface area (Å²) >= 11 is 0. The molecule has 1 N–H and O–H groups in total. The summed E-state index contributed by atoms with van der Waals surface area (Å²) in [6.07, 6.45) is 0. The third-order valence-electron chi connectivity index (χ3n) is 4.22. The van der Waals surface area contributed by atoms with Crippen LogP contribution in [0.25, 0.3) is 22.6 Å². The van der Waals surface area contributed by atoms with Crippen LogP contribution >= 0.6 is 0 Å². The lowest BCUT2D eigenvalue weighted by atomic mass is 10.1. The van der Waals surface area contributed by atoms with Crippen LogP contribution in [-0.2, 0) is 0 Å². The molecule has 0 aliphatic carbocycles. The van der Waals surface area contributed by atoms with E-state index in [1.807, 2.05) is 80.6 Å². The second kappa shape index (κ2) is 6.48. The molecule has 0 unspecified atom stereocenters. The lowest BCUT2D eigenvalue weighted by Crippen LogP contribution is -2.11. The number of nitrogens with one attached hydrogen (secondary N) is 1. The maximum Gasteiger partial charge on any atom is 0.255 e. The van der Waals surface area contributed by atoms with Gasteiger partial charge in [0.05, 0.1) is 0 Å². The molecule has 4 nitrogen and oxygen atoms in total. The van der Waals surface area contributed by atoms with E-state index in [-0.39, 0.29) is 5.91 Å². The zero-order valence-corrected chi connectivity index (χ0v) is 14.6. The Kier molecular flexibility index (Phi) is 4.01. The van der Waals surface area contributed by atoms with Crippen molar-refractivity contribution in [2.45, 2.75) is 13.8 Å². The molecule has 0 spiro atoms. The quantitative estimate of drug-likeness (QED) is 0.545. The topological polar surface area (TPSA) is 55.1 Å². The number of nitrogens with zero attached hydrogens (tertiary/aromatic N) is 1. The van der Waals surface area contributed by atoms with Gasteiger partial charge in [-0.2, -0.15) is 0 Å². The highest BCUT2D eigenvalue weighted by Gasteiger charge is 2.10. The molecule has 0 bridgehead atoms. The minimum absolute atomic E-state index is 0.143. The Morgan fingerprint density at radius 3 is 2.50 bits per heavy atom. The van der Waals surface area contributed by atoms with Crippen LogP contribution in [0, 0.1) is 13.8 Å². The fraction of sp³-hybridized carbons (Fsp3) is 0.0909. The van der Waals surface area contributed by atoms with Crippen LogP contribution in [0.4, 0.5) is 5.69 Å². The summed E-state index contributed by atoms with van der Waals surface area (Å²) in [5.74, 6) is 0.396. The van der Waals surface area contributed by atoms with E-state index in [4.69, 9.17) is 4.42 Å². The van der Waals surface area contributed by atoms with Gasteiger partial charge in [0.15, 0.2) is 5.58 Å². The predicted molar refractivity (Wildman–Crippen MR) is 103 cm³/mol. The maximum atomic E-state index is 12.4. The number of carbonyl (C=O) groups is 1. The van der Waals surface area contributed by atoms with Crippen molar-refractivity contribution in [1.29, 1.82) is 0 Å². The van der Waals surface area contributed by atoms with Crippen LogP contribution in [0.5, 0.6) is 0 Å². The van der Waals surface area contributed by atoms with Crippen molar-refractivity contribution in [2.75, 3.05) is 5.32 Å². The molecule has 4 heteroatoms. The van der Waals surface area contributed by atoms with Crippen LogP contribution in [-0.4, -0.2) is 10.9 Å². The predicted octanol–water partition coefficient (Wildman–Crippen LogP) is 5.36. The lowest BCUT2D eigenvalue weighted by molar-refractivity contribution is 0.102. The lowest BCUT2D eigenvalue weighted by Gasteiger charge is -2.06. The first kappa shape index (κ1) is 16.1. The smallest absolute Gasteiger partial charge is 0.255 e. The Balaban J connectivity index is 1.61. The van der Waals surface area contributed by atoms with Gasteiger partial charge in [-0.1, -0.05) is 29.8 Å². The molecule has 4 aromatic rings. The molecular formula is C22H18N2O2. The molecule has 0 radical (unpaired) electrons. The first-order valence-electron chi connectivity index (χ1n) is 8.44. The standard InChI is InChI=1S/C22H18N2O2/c1-14-6-9-16(10-7-14)21(25)23-18-5-3-4-17(13-18)22-24-19-12-15(2)8-11-20(19)26-22/h3-13H,1-2H3,(H,23,25). The number of carbonyl (C=O) groups excluding carboxylic acids is 1. The number of fused-ring (bicyclic) bond motifs is 1. The zero-order valence-electron chi connectivity index (χ0n) is 14.6. The zero-order chi connectivity index (χ0) is 18.1. The SMILES string of the molecule is Cc1ccc(C(=O)Nc2cccc(-c3nc4cc(C)ccc4o3)c2)cc1. The van der Waals surface area contributed by atoms with Gasteiger partial charge in [0.2, 0.25) is 5.89 Å². The number of aromatic nitrogens is 1. The molecule has 1 aromatic heterocycles. The third kappa shape index (κ3) is 3.22. The van der Waals surface area contributed by atoms with Gasteiger partial charge in [-0.3, -0.25) is 4.79 Å². The van der Waals surface area contributed by atoms with Crippen molar-refractivity contribution in [3.63, 3.8) is 0 Å². The average molecular weight is 342 g/mol. The number of oxazole rings is 1. The summed E-state index contributed by atoms with van der Waals surface area (Å²) in [7, 11) is 0. The summed E-state index contributed by atoms with van der Waals surface area (Å²) < 4.78 is 5.84. The molecule has 0 aliphatic rings. The van der Waals surface area contributed by atoms with E-state index < -0.39 is 0 Å². The summed E-state index contributed by atoms with van der Waals surface area (Å²) in [5.41, 5.74) is 5.98. The number of hydrogen-bond donors (Lipinski definition) is 1. The number of aryl methyl sites for hydroxylation is 2. The minimum atomic E-state index is -0.143. The van der Waals surface area contributed by atoms with Gasteiger partial charge in [-0.15, -0.1) is 0 Å². The van der Waals surface area contributed by atoms with Gasteiger partial charge < -0.3 is 9.73 Å². The van der Waals surface area contributed by atoms with Gasteiger partial charge in [0.25, 0.3) is 5.91 Å². The van der Waals surface area contributed by atoms with E-state index in [0.717, 1.165) is 27.8 Å². The first-order valence-corrected chi connectivity index (χ1v) is 8.44. The molecule has 3 aromatic carbocycles. The Bertz CT molecular complexity index is 1090. The largest absolute Gasteiger partial charge is 0.436 e. The molecule has 0 aliphatic heterocycles. The number of rotatable bonds is 3. The average Bonchev–Trinajstić information content (AvgIpc) is 3.05. The Morgan fingerprint density at radius 1 is 0.923 bits per heavy atom. The van der Waals surface area contributed by atoms with Crippen molar-refractivity contribution in [3.05, 3.63) is 83.4 Å². The maximum absolute atomic E-state index is 12.4. The molecule has 1 heterocycles. The van der Waals surface area contributed by atoms with Crippen LogP contribution in [0.3, 0.4) is 0 Å². The van der Waals surface area contributed by atoms with E-state index in [0.29, 0.717) is 17.1 Å². The highest BCUT2D eigenvalue weighted by molar-refractivity contribution is 6.04. The van der Waals surface area contributed by atoms with Crippen molar-refractivity contribution >= 4 is 22.7 Å². The highest BCUT2D eigenvalue weighted by Crippen LogP contribution is 2.26. The minimum Gasteiger partial charge on any atom is -0.436 e. The Morgan fingerprint density at radius 2 is 1.69 bits per heavy atom. The number of amides is 1. The molecular weight excluding hydrogens is 324 g/mol. The third-order valence-corrected chi connectivity index (χ3v) is 4.22. The van der Waals surface area contributed by atoms with Crippen molar-refractivity contribution in [1.82, 2.24) is 4.98 Å². The number of anilines is 1. The second-order valence-corrected chi connectivity index (χ2v) is 6.39. The number of benzene rings is 3. The Labute approximate surface area is 151 Å². The van der Waals surface area contributed by atoms with Gasteiger partial charge in [-0.05, 0) is 61.9 Å². The van der Waals surface area contributed by atoms with Gasteiger partial charge in [0.1, 0.15) is 5.52 Å². The summed E-state index contributed by atoms with van der Waals surface area (Å²) in [4.78, 5) is 17.0. The normalized spacial score (nSPS) is 10.8.